The fourth-order valence-electron chi connectivity index (χ4n) is 1.05. The molecule has 0 aromatic rings. The molecule has 0 saturated carbocycles. The highest BCUT2D eigenvalue weighted by Crippen LogP contribution is 2.31. The summed E-state index contributed by atoms with van der Waals surface area (Å²) in [4.78, 5) is 0.387. The van der Waals surface area contributed by atoms with E-state index < -0.39 is 5.51 Å². The normalized spacial score (nSPS) is 17.1. The summed E-state index contributed by atoms with van der Waals surface area (Å²) in [6.07, 6.45) is 1.55. The topological polar surface area (TPSA) is 0 Å². The lowest BCUT2D eigenvalue weighted by Gasteiger charge is -2.12. The number of thioether (sulfide) groups is 1. The van der Waals surface area contributed by atoms with Crippen LogP contribution in [0, 0.1) is 5.92 Å². The Balaban J connectivity index is 3.42. The molecule has 0 aliphatic heterocycles. The van der Waals surface area contributed by atoms with Crippen molar-refractivity contribution in [1.82, 2.24) is 0 Å². The standard InChI is InChI=1S/C8H14BrF3S/c1-6(5-7(2)9)3-4-13-8(10,11)12/h6-7H,3-5H2,1-2H3. The molecule has 2 unspecified atom stereocenters. The number of hydrogen-bond acceptors (Lipinski definition) is 1. The van der Waals surface area contributed by atoms with E-state index in [1.54, 1.807) is 0 Å². The summed E-state index contributed by atoms with van der Waals surface area (Å²) in [5.74, 6) is 0.522. The van der Waals surface area contributed by atoms with Crippen LogP contribution < -0.4 is 0 Å². The molecule has 0 fully saturated rings. The van der Waals surface area contributed by atoms with Gasteiger partial charge in [-0.1, -0.05) is 41.5 Å². The molecule has 5 heteroatoms. The molecule has 0 aliphatic carbocycles. The van der Waals surface area contributed by atoms with Crippen molar-refractivity contribution in [2.75, 3.05) is 5.75 Å². The summed E-state index contributed by atoms with van der Waals surface area (Å²) in [6, 6.07) is 0. The third-order valence-electron chi connectivity index (χ3n) is 1.60. The monoisotopic (exact) mass is 278 g/mol. The molecular formula is C8H14BrF3S. The minimum Gasteiger partial charge on any atom is -0.160 e. The van der Waals surface area contributed by atoms with Crippen LogP contribution in [0.4, 0.5) is 13.2 Å². The van der Waals surface area contributed by atoms with Crippen molar-refractivity contribution in [2.45, 2.75) is 37.0 Å². The Morgan fingerprint density at radius 2 is 1.85 bits per heavy atom. The van der Waals surface area contributed by atoms with Crippen LogP contribution in [0.5, 0.6) is 0 Å². The number of rotatable bonds is 5. The first-order valence-corrected chi connectivity index (χ1v) is 6.06. The minimum absolute atomic E-state index is 0.0737. The maximum Gasteiger partial charge on any atom is 0.441 e. The number of halogens is 4. The van der Waals surface area contributed by atoms with E-state index in [-0.39, 0.29) is 17.5 Å². The highest BCUT2D eigenvalue weighted by Gasteiger charge is 2.27. The molecule has 0 aromatic carbocycles. The van der Waals surface area contributed by atoms with Crippen molar-refractivity contribution in [1.29, 1.82) is 0 Å². The minimum atomic E-state index is -4.07. The molecule has 80 valence electrons. The molecule has 0 aliphatic rings. The van der Waals surface area contributed by atoms with Crippen LogP contribution in [0.25, 0.3) is 0 Å². The lowest BCUT2D eigenvalue weighted by molar-refractivity contribution is -0.0328. The highest BCUT2D eigenvalue weighted by molar-refractivity contribution is 9.09. The average Bonchev–Trinajstić information content (AvgIpc) is 1.81. The first-order chi connectivity index (χ1) is 5.81. The number of hydrogen-bond donors (Lipinski definition) is 0. The van der Waals surface area contributed by atoms with E-state index in [0.717, 1.165) is 6.42 Å². The van der Waals surface area contributed by atoms with Gasteiger partial charge in [0.05, 0.1) is 0 Å². The first-order valence-electron chi connectivity index (χ1n) is 4.16. The summed E-state index contributed by atoms with van der Waals surface area (Å²) in [5.41, 5.74) is -4.07. The zero-order chi connectivity index (χ0) is 10.5. The maximum absolute atomic E-state index is 11.7. The second kappa shape index (κ2) is 6.17. The quantitative estimate of drug-likeness (QED) is 0.670. The Bertz CT molecular complexity index is 136. The van der Waals surface area contributed by atoms with Crippen molar-refractivity contribution >= 4 is 27.7 Å². The molecule has 0 radical (unpaired) electrons. The second-order valence-electron chi connectivity index (χ2n) is 3.20. The van der Waals surface area contributed by atoms with E-state index in [1.807, 2.05) is 13.8 Å². The maximum atomic E-state index is 11.7. The Morgan fingerprint density at radius 3 is 2.23 bits per heavy atom. The molecule has 13 heavy (non-hydrogen) atoms. The fourth-order valence-corrected chi connectivity index (χ4v) is 2.44. The van der Waals surface area contributed by atoms with Gasteiger partial charge in [0.2, 0.25) is 0 Å². The van der Waals surface area contributed by atoms with Gasteiger partial charge in [0, 0.05) is 10.6 Å². The Morgan fingerprint density at radius 1 is 1.31 bits per heavy atom. The SMILES string of the molecule is CC(Br)CC(C)CCSC(F)(F)F. The predicted molar refractivity (Wildman–Crippen MR) is 55.3 cm³/mol. The molecule has 0 nitrogen and oxygen atoms in total. The largest absolute Gasteiger partial charge is 0.441 e. The lowest BCUT2D eigenvalue weighted by Crippen LogP contribution is -2.06. The van der Waals surface area contributed by atoms with E-state index in [4.69, 9.17) is 0 Å². The van der Waals surface area contributed by atoms with E-state index in [0.29, 0.717) is 17.2 Å². The van der Waals surface area contributed by atoms with Gasteiger partial charge in [-0.05, 0) is 18.8 Å². The summed E-state index contributed by atoms with van der Waals surface area (Å²) in [5, 5.41) is 0. The Kier molecular flexibility index (Phi) is 6.46. The van der Waals surface area contributed by atoms with Crippen molar-refractivity contribution in [3.05, 3.63) is 0 Å². The van der Waals surface area contributed by atoms with Crippen molar-refractivity contribution in [2.24, 2.45) is 5.92 Å². The number of alkyl halides is 4. The first kappa shape index (κ1) is 13.6. The summed E-state index contributed by atoms with van der Waals surface area (Å²) in [6.45, 7) is 3.99. The van der Waals surface area contributed by atoms with Crippen molar-refractivity contribution in [3.63, 3.8) is 0 Å². The molecule has 0 bridgehead atoms. The Labute approximate surface area is 89.8 Å². The third kappa shape index (κ3) is 10.5. The molecule has 2 atom stereocenters. The molecule has 0 amide bonds. The van der Waals surface area contributed by atoms with Gasteiger partial charge in [-0.15, -0.1) is 0 Å². The zero-order valence-electron chi connectivity index (χ0n) is 7.70. The van der Waals surface area contributed by atoms with E-state index in [2.05, 4.69) is 15.9 Å². The summed E-state index contributed by atoms with van der Waals surface area (Å²) >= 11 is 3.45. The van der Waals surface area contributed by atoms with Crippen LogP contribution >= 0.6 is 27.7 Å². The van der Waals surface area contributed by atoms with Crippen LogP contribution in [0.3, 0.4) is 0 Å². The lowest BCUT2D eigenvalue weighted by atomic mass is 10.0. The van der Waals surface area contributed by atoms with E-state index in [1.165, 1.54) is 0 Å². The van der Waals surface area contributed by atoms with Crippen LogP contribution in [-0.4, -0.2) is 16.1 Å². The van der Waals surface area contributed by atoms with Gasteiger partial charge in [-0.25, -0.2) is 0 Å². The predicted octanol–water partition coefficient (Wildman–Crippen LogP) is 4.44. The smallest absolute Gasteiger partial charge is 0.160 e. The third-order valence-corrected chi connectivity index (χ3v) is 2.74. The molecular weight excluding hydrogens is 265 g/mol. The molecule has 0 aromatic heterocycles. The van der Waals surface area contributed by atoms with E-state index >= 15 is 0 Å². The fraction of sp³-hybridized carbons (Fsp3) is 1.00. The van der Waals surface area contributed by atoms with Gasteiger partial charge < -0.3 is 0 Å². The van der Waals surface area contributed by atoms with Gasteiger partial charge in [-0.3, -0.25) is 0 Å². The molecule has 0 rings (SSSR count). The van der Waals surface area contributed by atoms with Gasteiger partial charge in [0.15, 0.2) is 0 Å². The van der Waals surface area contributed by atoms with Crippen molar-refractivity contribution < 1.29 is 13.2 Å². The Hall–Kier alpha value is 0.620. The molecule has 0 saturated heterocycles. The molecule has 0 heterocycles. The van der Waals surface area contributed by atoms with Gasteiger partial charge >= 0.3 is 5.51 Å². The van der Waals surface area contributed by atoms with Crippen LogP contribution in [0.15, 0.2) is 0 Å². The van der Waals surface area contributed by atoms with E-state index in [9.17, 15) is 13.2 Å². The molecule has 0 N–H and O–H groups in total. The van der Waals surface area contributed by atoms with Gasteiger partial charge in [0.1, 0.15) is 0 Å². The molecule has 0 spiro atoms. The summed E-state index contributed by atoms with van der Waals surface area (Å²) < 4.78 is 35.2. The zero-order valence-corrected chi connectivity index (χ0v) is 10.1. The second-order valence-corrected chi connectivity index (χ2v) is 5.93. The van der Waals surface area contributed by atoms with Crippen molar-refractivity contribution in [3.8, 4) is 0 Å². The van der Waals surface area contributed by atoms with Gasteiger partial charge in [-0.2, -0.15) is 13.2 Å². The average molecular weight is 279 g/mol. The van der Waals surface area contributed by atoms with Crippen LogP contribution in [0.1, 0.15) is 26.7 Å². The van der Waals surface area contributed by atoms with Crippen LogP contribution in [0.2, 0.25) is 0 Å². The highest BCUT2D eigenvalue weighted by atomic mass is 79.9. The van der Waals surface area contributed by atoms with Gasteiger partial charge in [0.25, 0.3) is 0 Å². The van der Waals surface area contributed by atoms with Crippen LogP contribution in [-0.2, 0) is 0 Å². The summed E-state index contributed by atoms with van der Waals surface area (Å²) in [7, 11) is 0.